The lowest BCUT2D eigenvalue weighted by Gasteiger charge is -2.31. The zero-order valence-electron chi connectivity index (χ0n) is 22.1. The van der Waals surface area contributed by atoms with Gasteiger partial charge in [-0.1, -0.05) is 127 Å². The molecule has 0 fully saturated rings. The standard InChI is InChI=1S/C31H44N2O3/c1-3-5-7-9-17-25-31(36,26-18-10-8-6-4-2)30(35)32-33(28-21-15-12-16-22-28)29(34)24-23-27-19-13-11-14-20-27/h11-16,19-24,36H,3-10,17-18,25-26H2,1-2H3,(H,32,35)/b24-23+. The van der Waals surface area contributed by atoms with Gasteiger partial charge in [-0.25, -0.2) is 5.01 Å². The molecule has 2 amide bonds. The molecule has 2 rings (SSSR count). The molecule has 2 N–H and O–H groups in total. The molecule has 0 unspecified atom stereocenters. The van der Waals surface area contributed by atoms with Gasteiger partial charge in [0, 0.05) is 6.08 Å². The van der Waals surface area contributed by atoms with Crippen molar-refractivity contribution in [2.75, 3.05) is 5.01 Å². The molecular weight excluding hydrogens is 448 g/mol. The molecular formula is C31H44N2O3. The van der Waals surface area contributed by atoms with Gasteiger partial charge in [0.05, 0.1) is 5.69 Å². The lowest BCUT2D eigenvalue weighted by molar-refractivity contribution is -0.142. The Labute approximate surface area is 217 Å². The molecule has 0 radical (unpaired) electrons. The van der Waals surface area contributed by atoms with Crippen molar-refractivity contribution in [3.05, 3.63) is 72.3 Å². The first kappa shape index (κ1) is 29.3. The van der Waals surface area contributed by atoms with Crippen LogP contribution in [0.3, 0.4) is 0 Å². The number of benzene rings is 2. The number of para-hydroxylation sites is 1. The van der Waals surface area contributed by atoms with E-state index in [1.54, 1.807) is 18.2 Å². The summed E-state index contributed by atoms with van der Waals surface area (Å²) in [6, 6.07) is 18.6. The number of hydrogen-bond acceptors (Lipinski definition) is 3. The van der Waals surface area contributed by atoms with E-state index in [1.165, 1.54) is 11.1 Å². The first-order valence-corrected chi connectivity index (χ1v) is 13.7. The second kappa shape index (κ2) is 16.7. The van der Waals surface area contributed by atoms with Crippen molar-refractivity contribution in [2.24, 2.45) is 0 Å². The Hall–Kier alpha value is -2.92. The number of carbonyl (C=O) groups is 2. The molecule has 0 aromatic heterocycles. The number of nitrogens with one attached hydrogen (secondary N) is 1. The number of anilines is 1. The summed E-state index contributed by atoms with van der Waals surface area (Å²) in [5.41, 5.74) is 2.69. The van der Waals surface area contributed by atoms with Crippen molar-refractivity contribution in [1.82, 2.24) is 5.43 Å². The van der Waals surface area contributed by atoms with E-state index in [2.05, 4.69) is 19.3 Å². The van der Waals surface area contributed by atoms with E-state index in [0.717, 1.165) is 69.8 Å². The Bertz CT molecular complexity index is 898. The van der Waals surface area contributed by atoms with Gasteiger partial charge in [-0.2, -0.15) is 0 Å². The van der Waals surface area contributed by atoms with Gasteiger partial charge in [0.1, 0.15) is 5.60 Å². The van der Waals surface area contributed by atoms with Gasteiger partial charge in [-0.3, -0.25) is 15.0 Å². The number of aliphatic hydroxyl groups is 1. The van der Waals surface area contributed by atoms with Crippen molar-refractivity contribution in [3.63, 3.8) is 0 Å². The third-order valence-corrected chi connectivity index (χ3v) is 6.48. The highest BCUT2D eigenvalue weighted by molar-refractivity contribution is 6.05. The number of hydrazine groups is 1. The van der Waals surface area contributed by atoms with Crippen LogP contribution < -0.4 is 10.4 Å². The van der Waals surface area contributed by atoms with E-state index < -0.39 is 11.5 Å². The van der Waals surface area contributed by atoms with Crippen molar-refractivity contribution in [2.45, 2.75) is 96.5 Å². The van der Waals surface area contributed by atoms with Crippen LogP contribution in [0.4, 0.5) is 5.69 Å². The van der Waals surface area contributed by atoms with E-state index in [-0.39, 0.29) is 5.91 Å². The van der Waals surface area contributed by atoms with Crippen LogP contribution >= 0.6 is 0 Å². The van der Waals surface area contributed by atoms with Gasteiger partial charge in [0.25, 0.3) is 11.8 Å². The molecule has 2 aromatic carbocycles. The van der Waals surface area contributed by atoms with Gasteiger partial charge in [0.15, 0.2) is 0 Å². The molecule has 0 saturated heterocycles. The zero-order chi connectivity index (χ0) is 26.1. The van der Waals surface area contributed by atoms with Crippen LogP contribution in [0, 0.1) is 0 Å². The maximum absolute atomic E-state index is 13.5. The second-order valence-corrected chi connectivity index (χ2v) is 9.55. The maximum atomic E-state index is 13.5. The van der Waals surface area contributed by atoms with E-state index in [4.69, 9.17) is 0 Å². The number of carbonyl (C=O) groups excluding carboxylic acids is 2. The Kier molecular flexibility index (Phi) is 13.6. The Morgan fingerprint density at radius 3 is 1.81 bits per heavy atom. The van der Waals surface area contributed by atoms with Crippen LogP contribution in [0.25, 0.3) is 6.08 Å². The van der Waals surface area contributed by atoms with Gasteiger partial charge < -0.3 is 5.11 Å². The summed E-state index contributed by atoms with van der Waals surface area (Å²) in [6.07, 6.45) is 14.3. The van der Waals surface area contributed by atoms with Crippen LogP contribution in [0.15, 0.2) is 66.7 Å². The Balaban J connectivity index is 2.16. The lowest BCUT2D eigenvalue weighted by Crippen LogP contribution is -2.55. The van der Waals surface area contributed by atoms with Crippen molar-refractivity contribution >= 4 is 23.6 Å². The molecule has 0 bridgehead atoms. The average Bonchev–Trinajstić information content (AvgIpc) is 2.91. The van der Waals surface area contributed by atoms with Crippen molar-refractivity contribution in [3.8, 4) is 0 Å². The molecule has 0 saturated carbocycles. The molecule has 196 valence electrons. The third kappa shape index (κ3) is 10.4. The van der Waals surface area contributed by atoms with Crippen LogP contribution in [0.1, 0.15) is 96.5 Å². The average molecular weight is 493 g/mol. The molecule has 36 heavy (non-hydrogen) atoms. The molecule has 0 aliphatic rings. The number of hydrogen-bond donors (Lipinski definition) is 2. The topological polar surface area (TPSA) is 69.6 Å². The van der Waals surface area contributed by atoms with Gasteiger partial charge in [0.2, 0.25) is 0 Å². The first-order valence-electron chi connectivity index (χ1n) is 13.7. The number of unbranched alkanes of at least 4 members (excludes halogenated alkanes) is 8. The van der Waals surface area contributed by atoms with Crippen molar-refractivity contribution in [1.29, 1.82) is 0 Å². The Morgan fingerprint density at radius 2 is 1.28 bits per heavy atom. The highest BCUT2D eigenvalue weighted by atomic mass is 16.3. The number of rotatable bonds is 16. The summed E-state index contributed by atoms with van der Waals surface area (Å²) >= 11 is 0. The quantitative estimate of drug-likeness (QED) is 0.148. The normalized spacial score (nSPS) is 11.5. The van der Waals surface area contributed by atoms with Crippen LogP contribution in [0.5, 0.6) is 0 Å². The molecule has 2 aromatic rings. The van der Waals surface area contributed by atoms with Crippen molar-refractivity contribution < 1.29 is 14.7 Å². The lowest BCUT2D eigenvalue weighted by atomic mass is 9.89. The molecule has 0 heterocycles. The molecule has 5 heteroatoms. The van der Waals surface area contributed by atoms with E-state index in [9.17, 15) is 14.7 Å². The molecule has 5 nitrogen and oxygen atoms in total. The summed E-state index contributed by atoms with van der Waals surface area (Å²) in [5, 5.41) is 12.7. The van der Waals surface area contributed by atoms with Gasteiger partial charge in [-0.05, 0) is 36.6 Å². The summed E-state index contributed by atoms with van der Waals surface area (Å²) in [5.74, 6) is -0.898. The Morgan fingerprint density at radius 1 is 0.778 bits per heavy atom. The number of nitrogens with zero attached hydrogens (tertiary/aromatic N) is 1. The summed E-state index contributed by atoms with van der Waals surface area (Å²) in [6.45, 7) is 4.34. The fourth-order valence-electron chi connectivity index (χ4n) is 4.23. The molecule has 0 aliphatic carbocycles. The van der Waals surface area contributed by atoms with Gasteiger partial charge in [-0.15, -0.1) is 0 Å². The fraction of sp³-hybridized carbons (Fsp3) is 0.484. The minimum atomic E-state index is -1.51. The maximum Gasteiger partial charge on any atom is 0.270 e. The first-order chi connectivity index (χ1) is 17.5. The van der Waals surface area contributed by atoms with Crippen LogP contribution in [0.2, 0.25) is 0 Å². The second-order valence-electron chi connectivity index (χ2n) is 9.55. The zero-order valence-corrected chi connectivity index (χ0v) is 22.1. The minimum Gasteiger partial charge on any atom is -0.380 e. The minimum absolute atomic E-state index is 0.383. The fourth-order valence-corrected chi connectivity index (χ4v) is 4.23. The van der Waals surface area contributed by atoms with Gasteiger partial charge >= 0.3 is 0 Å². The van der Waals surface area contributed by atoms with E-state index in [1.807, 2.05) is 48.5 Å². The molecule has 0 aliphatic heterocycles. The summed E-state index contributed by atoms with van der Waals surface area (Å²) in [7, 11) is 0. The summed E-state index contributed by atoms with van der Waals surface area (Å²) < 4.78 is 0. The highest BCUT2D eigenvalue weighted by Gasteiger charge is 2.36. The number of amides is 2. The smallest absolute Gasteiger partial charge is 0.270 e. The largest absolute Gasteiger partial charge is 0.380 e. The molecule has 0 atom stereocenters. The monoisotopic (exact) mass is 492 g/mol. The SMILES string of the molecule is CCCCCCCC(O)(CCCCCCC)C(=O)NN(C(=O)/C=C/c1ccccc1)c1ccccc1. The third-order valence-electron chi connectivity index (χ3n) is 6.48. The van der Waals surface area contributed by atoms with Crippen LogP contribution in [-0.4, -0.2) is 22.5 Å². The predicted molar refractivity (Wildman–Crippen MR) is 149 cm³/mol. The van der Waals surface area contributed by atoms with E-state index >= 15 is 0 Å². The molecule has 0 spiro atoms. The summed E-state index contributed by atoms with van der Waals surface area (Å²) in [4.78, 5) is 26.7. The van der Waals surface area contributed by atoms with E-state index in [0.29, 0.717) is 18.5 Å². The predicted octanol–water partition coefficient (Wildman–Crippen LogP) is 7.22. The van der Waals surface area contributed by atoms with Crippen LogP contribution in [-0.2, 0) is 9.59 Å². The highest BCUT2D eigenvalue weighted by Crippen LogP contribution is 2.25.